The summed E-state index contributed by atoms with van der Waals surface area (Å²) < 4.78 is 5.55. The summed E-state index contributed by atoms with van der Waals surface area (Å²) in [6, 6.07) is 14.5. The van der Waals surface area contributed by atoms with Crippen LogP contribution in [0.5, 0.6) is 5.75 Å². The Balaban J connectivity index is 1.69. The Hall–Kier alpha value is -3.19. The van der Waals surface area contributed by atoms with Crippen LogP contribution < -0.4 is 10.1 Å². The first kappa shape index (κ1) is 24.0. The molecule has 1 saturated carbocycles. The van der Waals surface area contributed by atoms with E-state index in [4.69, 9.17) is 4.74 Å². The second-order valence-corrected chi connectivity index (χ2v) is 9.65. The van der Waals surface area contributed by atoms with E-state index in [1.54, 1.807) is 35.7 Å². The second kappa shape index (κ2) is 11.8. The number of aromatic nitrogens is 1. The van der Waals surface area contributed by atoms with E-state index in [1.807, 2.05) is 53.9 Å². The van der Waals surface area contributed by atoms with Crippen LogP contribution in [-0.2, 0) is 22.6 Å². The third-order valence-electron chi connectivity index (χ3n) is 6.29. The summed E-state index contributed by atoms with van der Waals surface area (Å²) in [4.78, 5) is 34.3. The van der Waals surface area contributed by atoms with Crippen molar-refractivity contribution in [1.29, 1.82) is 0 Å². The molecule has 178 valence electrons. The van der Waals surface area contributed by atoms with Crippen molar-refractivity contribution < 1.29 is 14.3 Å². The number of hydrogen-bond acceptors (Lipinski definition) is 5. The van der Waals surface area contributed by atoms with Crippen molar-refractivity contribution in [2.75, 3.05) is 7.11 Å². The maximum Gasteiger partial charge on any atom is 0.247 e. The number of hydrogen-bond donors (Lipinski definition) is 1. The number of ether oxygens (including phenoxy) is 1. The minimum absolute atomic E-state index is 0.103. The summed E-state index contributed by atoms with van der Waals surface area (Å²) in [7, 11) is 1.62. The summed E-state index contributed by atoms with van der Waals surface area (Å²) in [6.45, 7) is 0.263. The summed E-state index contributed by atoms with van der Waals surface area (Å²) in [5.74, 6) is 0.444. The first-order chi connectivity index (χ1) is 16.7. The molecule has 1 aromatic carbocycles. The van der Waals surface area contributed by atoms with Crippen molar-refractivity contribution in [1.82, 2.24) is 15.2 Å². The topological polar surface area (TPSA) is 71.5 Å². The van der Waals surface area contributed by atoms with Gasteiger partial charge in [0.1, 0.15) is 11.8 Å². The fourth-order valence-corrected chi connectivity index (χ4v) is 5.25. The fourth-order valence-electron chi connectivity index (χ4n) is 4.55. The lowest BCUT2D eigenvalue weighted by Crippen LogP contribution is -2.47. The molecular formula is C27H31N3O3S. The average Bonchev–Trinajstić information content (AvgIpc) is 3.38. The highest BCUT2D eigenvalue weighted by Gasteiger charge is 2.33. The highest BCUT2D eigenvalue weighted by atomic mass is 32.1. The van der Waals surface area contributed by atoms with Crippen LogP contribution in [0.25, 0.3) is 0 Å². The van der Waals surface area contributed by atoms with Crippen molar-refractivity contribution in [3.05, 3.63) is 82.3 Å². The molecule has 0 spiro atoms. The number of carbonyl (C=O) groups excluding carboxylic acids is 2. The number of nitrogens with zero attached hydrogens (tertiary/aromatic N) is 2. The molecule has 1 fully saturated rings. The Morgan fingerprint density at radius 3 is 2.56 bits per heavy atom. The summed E-state index contributed by atoms with van der Waals surface area (Å²) in [5, 5.41) is 5.21. The molecule has 2 aromatic heterocycles. The zero-order valence-corrected chi connectivity index (χ0v) is 20.3. The van der Waals surface area contributed by atoms with Crippen LogP contribution in [0.3, 0.4) is 0 Å². The van der Waals surface area contributed by atoms with Crippen LogP contribution >= 0.6 is 11.3 Å². The molecule has 0 radical (unpaired) electrons. The predicted molar refractivity (Wildman–Crippen MR) is 134 cm³/mol. The maximum absolute atomic E-state index is 13.8. The van der Waals surface area contributed by atoms with Crippen LogP contribution in [0.2, 0.25) is 0 Å². The van der Waals surface area contributed by atoms with Crippen LogP contribution in [0.1, 0.15) is 54.1 Å². The van der Waals surface area contributed by atoms with E-state index in [0.717, 1.165) is 41.7 Å². The molecule has 2 heterocycles. The lowest BCUT2D eigenvalue weighted by molar-refractivity contribution is -0.141. The average molecular weight is 478 g/mol. The van der Waals surface area contributed by atoms with E-state index in [0.29, 0.717) is 5.75 Å². The third kappa shape index (κ3) is 6.03. The molecule has 4 rings (SSSR count). The van der Waals surface area contributed by atoms with Gasteiger partial charge in [0.25, 0.3) is 0 Å². The van der Waals surface area contributed by atoms with E-state index in [-0.39, 0.29) is 30.8 Å². The normalized spacial score (nSPS) is 14.9. The first-order valence-electron chi connectivity index (χ1n) is 11.8. The Morgan fingerprint density at radius 1 is 1.09 bits per heavy atom. The molecule has 1 aliphatic carbocycles. The van der Waals surface area contributed by atoms with Crippen LogP contribution in [0, 0.1) is 0 Å². The monoisotopic (exact) mass is 477 g/mol. The predicted octanol–water partition coefficient (Wildman–Crippen LogP) is 4.91. The number of nitrogens with one attached hydrogen (secondary N) is 1. The van der Waals surface area contributed by atoms with Gasteiger partial charge in [-0.25, -0.2) is 0 Å². The first-order valence-corrected chi connectivity index (χ1v) is 12.7. The van der Waals surface area contributed by atoms with Gasteiger partial charge in [-0.05, 0) is 48.1 Å². The SMILES string of the molecule is COc1ccccc1CN(C(=O)Cc1cccs1)[C@@H](C(=O)NC1CCCCC1)c1ccncc1. The molecule has 1 N–H and O–H groups in total. The van der Waals surface area contributed by atoms with Crippen molar-refractivity contribution in [2.24, 2.45) is 0 Å². The van der Waals surface area contributed by atoms with Gasteiger partial charge in [-0.1, -0.05) is 43.5 Å². The number of pyridine rings is 1. The van der Waals surface area contributed by atoms with Gasteiger partial charge in [0, 0.05) is 28.9 Å². The van der Waals surface area contributed by atoms with Gasteiger partial charge < -0.3 is 15.0 Å². The molecule has 0 saturated heterocycles. The lowest BCUT2D eigenvalue weighted by Gasteiger charge is -2.33. The molecule has 0 unspecified atom stereocenters. The van der Waals surface area contributed by atoms with Crippen LogP contribution in [0.4, 0.5) is 0 Å². The summed E-state index contributed by atoms with van der Waals surface area (Å²) >= 11 is 1.54. The largest absolute Gasteiger partial charge is 0.496 e. The van der Waals surface area contributed by atoms with Gasteiger partial charge in [0.15, 0.2) is 0 Å². The minimum Gasteiger partial charge on any atom is -0.496 e. The van der Waals surface area contributed by atoms with Crippen molar-refractivity contribution in [3.63, 3.8) is 0 Å². The summed E-state index contributed by atoms with van der Waals surface area (Å²) in [6.07, 6.45) is 8.97. The number of amides is 2. The van der Waals surface area contributed by atoms with E-state index < -0.39 is 6.04 Å². The van der Waals surface area contributed by atoms with Crippen molar-refractivity contribution >= 4 is 23.2 Å². The highest BCUT2D eigenvalue weighted by Crippen LogP contribution is 2.29. The molecular weight excluding hydrogens is 446 g/mol. The van der Waals surface area contributed by atoms with E-state index in [2.05, 4.69) is 10.3 Å². The van der Waals surface area contributed by atoms with Gasteiger partial charge in [-0.3, -0.25) is 14.6 Å². The maximum atomic E-state index is 13.8. The van der Waals surface area contributed by atoms with Crippen molar-refractivity contribution in [3.8, 4) is 5.75 Å². The quantitative estimate of drug-likeness (QED) is 0.475. The molecule has 0 bridgehead atoms. The van der Waals surface area contributed by atoms with Gasteiger partial charge in [-0.2, -0.15) is 0 Å². The van der Waals surface area contributed by atoms with Crippen LogP contribution in [-0.4, -0.2) is 34.8 Å². The zero-order chi connectivity index (χ0) is 23.8. The van der Waals surface area contributed by atoms with Gasteiger partial charge in [0.05, 0.1) is 20.1 Å². The minimum atomic E-state index is -0.762. The Morgan fingerprint density at radius 2 is 1.85 bits per heavy atom. The second-order valence-electron chi connectivity index (χ2n) is 8.62. The molecule has 6 nitrogen and oxygen atoms in total. The number of thiophene rings is 1. The van der Waals surface area contributed by atoms with E-state index in [1.165, 1.54) is 6.42 Å². The number of para-hydroxylation sites is 1. The van der Waals surface area contributed by atoms with Crippen LogP contribution in [0.15, 0.2) is 66.3 Å². The standard InChI is InChI=1S/C27H31N3O3S/c1-33-24-12-6-5-8-21(24)19-30(25(31)18-23-11-7-17-34-23)26(20-13-15-28-16-14-20)27(32)29-22-9-3-2-4-10-22/h5-8,11-17,22,26H,2-4,9-10,18-19H2,1H3,(H,29,32)/t26-/m1/s1. The Kier molecular flexibility index (Phi) is 8.31. The molecule has 34 heavy (non-hydrogen) atoms. The molecule has 0 aliphatic heterocycles. The molecule has 2 amide bonds. The van der Waals surface area contributed by atoms with Gasteiger partial charge in [-0.15, -0.1) is 11.3 Å². The Labute approximate surface area is 205 Å². The Bertz CT molecular complexity index is 1070. The third-order valence-corrected chi connectivity index (χ3v) is 7.17. The summed E-state index contributed by atoms with van der Waals surface area (Å²) in [5.41, 5.74) is 1.60. The van der Waals surface area contributed by atoms with Crippen molar-refractivity contribution in [2.45, 2.75) is 57.2 Å². The number of benzene rings is 1. The smallest absolute Gasteiger partial charge is 0.247 e. The highest BCUT2D eigenvalue weighted by molar-refractivity contribution is 7.10. The lowest BCUT2D eigenvalue weighted by atomic mass is 9.94. The van der Waals surface area contributed by atoms with E-state index in [9.17, 15) is 9.59 Å². The number of rotatable bonds is 9. The number of carbonyl (C=O) groups is 2. The van der Waals surface area contributed by atoms with Gasteiger partial charge in [0.2, 0.25) is 11.8 Å². The van der Waals surface area contributed by atoms with E-state index >= 15 is 0 Å². The molecule has 3 aromatic rings. The zero-order valence-electron chi connectivity index (χ0n) is 19.5. The molecule has 1 atom stereocenters. The van der Waals surface area contributed by atoms with Gasteiger partial charge >= 0.3 is 0 Å². The molecule has 1 aliphatic rings. The molecule has 7 heteroatoms. The fraction of sp³-hybridized carbons (Fsp3) is 0.370. The number of methoxy groups -OCH3 is 1.